The summed E-state index contributed by atoms with van der Waals surface area (Å²) in [5.41, 5.74) is 1.57. The van der Waals surface area contributed by atoms with Crippen LogP contribution in [0.3, 0.4) is 0 Å². The molecule has 2 aromatic rings. The topological polar surface area (TPSA) is 39.1 Å². The van der Waals surface area contributed by atoms with Crippen LogP contribution in [0.5, 0.6) is 0 Å². The van der Waals surface area contributed by atoms with Crippen molar-refractivity contribution >= 4 is 5.82 Å². The molecule has 3 rings (SSSR count). The number of hydrogen-bond acceptors (Lipinski definition) is 3. The fourth-order valence-electron chi connectivity index (χ4n) is 3.27. The Hall–Kier alpha value is -2.02. The van der Waals surface area contributed by atoms with Crippen molar-refractivity contribution in [2.75, 3.05) is 12.4 Å². The first kappa shape index (κ1) is 16.8. The van der Waals surface area contributed by atoms with E-state index in [1.807, 2.05) is 0 Å². The van der Waals surface area contributed by atoms with Crippen LogP contribution in [-0.2, 0) is 18.4 Å². The number of ether oxygens (including phenoxy) is 1. The summed E-state index contributed by atoms with van der Waals surface area (Å²) in [6.07, 6.45) is 1.17. The Kier molecular flexibility index (Phi) is 4.80. The van der Waals surface area contributed by atoms with E-state index in [1.54, 1.807) is 7.05 Å². The molecule has 1 aromatic heterocycles. The minimum Gasteiger partial charge on any atom is -0.380 e. The predicted octanol–water partition coefficient (Wildman–Crippen LogP) is 3.81. The van der Waals surface area contributed by atoms with E-state index in [4.69, 9.17) is 4.74 Å². The summed E-state index contributed by atoms with van der Waals surface area (Å²) >= 11 is 0. The van der Waals surface area contributed by atoms with Gasteiger partial charge in [-0.1, -0.05) is 0 Å². The van der Waals surface area contributed by atoms with Gasteiger partial charge in [-0.25, -0.2) is 13.2 Å². The zero-order valence-electron chi connectivity index (χ0n) is 13.7. The Morgan fingerprint density at radius 2 is 1.96 bits per heavy atom. The normalized spacial score (nSPS) is 20.5. The first-order valence-electron chi connectivity index (χ1n) is 7.91. The van der Waals surface area contributed by atoms with Crippen molar-refractivity contribution in [2.45, 2.75) is 38.1 Å². The summed E-state index contributed by atoms with van der Waals surface area (Å²) in [6.45, 7) is 0.202. The third-order valence-electron chi connectivity index (χ3n) is 4.32. The van der Waals surface area contributed by atoms with Gasteiger partial charge in [-0.3, -0.25) is 4.68 Å². The molecule has 0 aliphatic heterocycles. The van der Waals surface area contributed by atoms with Gasteiger partial charge in [0.05, 0.1) is 18.3 Å². The Bertz CT molecular complexity index is 712. The van der Waals surface area contributed by atoms with Crippen molar-refractivity contribution in [1.29, 1.82) is 0 Å². The summed E-state index contributed by atoms with van der Waals surface area (Å²) in [4.78, 5) is 0. The molecule has 0 bridgehead atoms. The highest BCUT2D eigenvalue weighted by Crippen LogP contribution is 2.33. The maximum Gasteiger partial charge on any atom is 0.154 e. The zero-order chi connectivity index (χ0) is 17.3. The molecule has 0 radical (unpaired) electrons. The molecule has 1 aromatic carbocycles. The van der Waals surface area contributed by atoms with Gasteiger partial charge in [0.2, 0.25) is 0 Å². The van der Waals surface area contributed by atoms with Crippen molar-refractivity contribution in [1.82, 2.24) is 9.78 Å². The Balaban J connectivity index is 2.02. The number of halogens is 3. The van der Waals surface area contributed by atoms with Crippen LogP contribution < -0.4 is 5.32 Å². The first-order valence-corrected chi connectivity index (χ1v) is 7.91. The van der Waals surface area contributed by atoms with Gasteiger partial charge in [0.25, 0.3) is 0 Å². The average Bonchev–Trinajstić information content (AvgIpc) is 3.03. The van der Waals surface area contributed by atoms with Crippen molar-refractivity contribution in [3.63, 3.8) is 0 Å². The highest BCUT2D eigenvalue weighted by atomic mass is 19.1. The van der Waals surface area contributed by atoms with E-state index in [0.29, 0.717) is 29.1 Å². The van der Waals surface area contributed by atoms with Gasteiger partial charge in [0, 0.05) is 31.4 Å². The van der Waals surface area contributed by atoms with Gasteiger partial charge in [-0.2, -0.15) is 5.10 Å². The second-order valence-corrected chi connectivity index (χ2v) is 6.09. The second-order valence-electron chi connectivity index (χ2n) is 6.09. The van der Waals surface area contributed by atoms with Crippen LogP contribution in [0.15, 0.2) is 18.2 Å². The van der Waals surface area contributed by atoms with Crippen LogP contribution in [0.2, 0.25) is 0 Å². The second kappa shape index (κ2) is 6.84. The predicted molar refractivity (Wildman–Crippen MR) is 85.4 cm³/mol. The van der Waals surface area contributed by atoms with E-state index in [1.165, 1.54) is 23.9 Å². The molecule has 1 N–H and O–H groups in total. The van der Waals surface area contributed by atoms with E-state index in [0.717, 1.165) is 18.9 Å². The number of methoxy groups -OCH3 is 1. The van der Waals surface area contributed by atoms with Crippen LogP contribution in [-0.4, -0.2) is 29.1 Å². The smallest absolute Gasteiger partial charge is 0.154 e. The molecular weight excluding hydrogens is 319 g/mol. The van der Waals surface area contributed by atoms with E-state index >= 15 is 0 Å². The third kappa shape index (κ3) is 3.26. The molecule has 7 heteroatoms. The number of aryl methyl sites for hydroxylation is 1. The summed E-state index contributed by atoms with van der Waals surface area (Å²) < 4.78 is 47.8. The molecule has 1 aliphatic carbocycles. The number of anilines is 1. The van der Waals surface area contributed by atoms with Crippen LogP contribution in [0.4, 0.5) is 19.0 Å². The molecule has 1 heterocycles. The fraction of sp³-hybridized carbons (Fsp3) is 0.471. The lowest BCUT2D eigenvalue weighted by atomic mass is 10.1. The summed E-state index contributed by atoms with van der Waals surface area (Å²) in [7, 11) is 3.21. The fourth-order valence-corrected chi connectivity index (χ4v) is 3.27. The molecule has 0 amide bonds. The molecule has 2 atom stereocenters. The molecule has 4 nitrogen and oxygen atoms in total. The molecule has 0 spiro atoms. The van der Waals surface area contributed by atoms with Gasteiger partial charge in [-0.15, -0.1) is 0 Å². The molecule has 0 saturated heterocycles. The minimum atomic E-state index is -0.919. The van der Waals surface area contributed by atoms with Crippen LogP contribution >= 0.6 is 0 Å². The molecule has 0 unspecified atom stereocenters. The summed E-state index contributed by atoms with van der Waals surface area (Å²) in [5.74, 6) is -0.832. The number of alkyl halides is 1. The third-order valence-corrected chi connectivity index (χ3v) is 4.32. The maximum atomic E-state index is 13.9. The van der Waals surface area contributed by atoms with Gasteiger partial charge in [-0.05, 0) is 31.4 Å². The minimum absolute atomic E-state index is 0.202. The largest absolute Gasteiger partial charge is 0.380 e. The van der Waals surface area contributed by atoms with Crippen LogP contribution in [0.1, 0.15) is 24.8 Å². The van der Waals surface area contributed by atoms with Gasteiger partial charge < -0.3 is 10.1 Å². The number of rotatable bonds is 5. The summed E-state index contributed by atoms with van der Waals surface area (Å²) in [5, 5.41) is 7.51. The van der Waals surface area contributed by atoms with E-state index < -0.39 is 17.8 Å². The van der Waals surface area contributed by atoms with Crippen molar-refractivity contribution in [2.24, 2.45) is 7.05 Å². The number of aromatic nitrogens is 2. The van der Waals surface area contributed by atoms with Crippen LogP contribution in [0.25, 0.3) is 11.3 Å². The van der Waals surface area contributed by atoms with Gasteiger partial charge in [0.1, 0.15) is 17.8 Å². The maximum absolute atomic E-state index is 13.9. The highest BCUT2D eigenvalue weighted by Gasteiger charge is 2.29. The number of benzene rings is 1. The molecular formula is C17H20F3N3O. The molecule has 1 saturated carbocycles. The Morgan fingerprint density at radius 1 is 1.25 bits per heavy atom. The number of hydrogen-bond donors (Lipinski definition) is 1. The van der Waals surface area contributed by atoms with Gasteiger partial charge in [0.15, 0.2) is 5.82 Å². The van der Waals surface area contributed by atoms with E-state index in [-0.39, 0.29) is 12.6 Å². The SMILES string of the molecule is COCc1c(N[C@H]2CCC[C@H]2F)nn(C)c1-c1cc(F)cc(F)c1. The van der Waals surface area contributed by atoms with Crippen LogP contribution in [0, 0.1) is 11.6 Å². The standard InChI is InChI=1S/C17H20F3N3O/c1-23-16(10-6-11(18)8-12(19)7-10)13(9-24-2)17(22-23)21-15-5-3-4-14(15)20/h6-8,14-15H,3-5,9H2,1-2H3,(H,21,22)/t14-,15+/m1/s1. The quantitative estimate of drug-likeness (QED) is 0.900. The lowest BCUT2D eigenvalue weighted by molar-refractivity contribution is 0.185. The van der Waals surface area contributed by atoms with Crippen molar-refractivity contribution in [3.8, 4) is 11.3 Å². The lowest BCUT2D eigenvalue weighted by Crippen LogP contribution is -2.25. The Labute approximate surface area is 138 Å². The molecule has 1 fully saturated rings. The highest BCUT2D eigenvalue weighted by molar-refractivity contribution is 5.70. The molecule has 130 valence electrons. The van der Waals surface area contributed by atoms with Crippen molar-refractivity contribution in [3.05, 3.63) is 35.4 Å². The van der Waals surface area contributed by atoms with Gasteiger partial charge >= 0.3 is 0 Å². The molecule has 24 heavy (non-hydrogen) atoms. The monoisotopic (exact) mass is 339 g/mol. The number of nitrogens with one attached hydrogen (secondary N) is 1. The van der Waals surface area contributed by atoms with E-state index in [2.05, 4.69) is 10.4 Å². The summed E-state index contributed by atoms with van der Waals surface area (Å²) in [6, 6.07) is 3.02. The molecule has 1 aliphatic rings. The first-order chi connectivity index (χ1) is 11.5. The van der Waals surface area contributed by atoms with E-state index in [9.17, 15) is 13.2 Å². The lowest BCUT2D eigenvalue weighted by Gasteiger charge is -2.15. The number of nitrogens with zero attached hydrogens (tertiary/aromatic N) is 2. The van der Waals surface area contributed by atoms with Crippen molar-refractivity contribution < 1.29 is 17.9 Å². The Morgan fingerprint density at radius 3 is 2.54 bits per heavy atom. The zero-order valence-corrected chi connectivity index (χ0v) is 13.7. The average molecular weight is 339 g/mol.